The minimum atomic E-state index is 0.398. The maximum absolute atomic E-state index is 8.47. The van der Waals surface area contributed by atoms with Crippen molar-refractivity contribution in [3.8, 4) is 17.3 Å². The van der Waals surface area contributed by atoms with E-state index in [-0.39, 0.29) is 0 Å². The van der Waals surface area contributed by atoms with E-state index in [1.54, 1.807) is 0 Å². The molecular weight excluding hydrogens is 182 g/mol. The molecule has 0 unspecified atom stereocenters. The van der Waals surface area contributed by atoms with Gasteiger partial charge in [-0.1, -0.05) is 0 Å². The summed E-state index contributed by atoms with van der Waals surface area (Å²) in [6.45, 7) is 0. The maximum Gasteiger partial charge on any atom is 0.107 e. The summed E-state index contributed by atoms with van der Waals surface area (Å²) >= 11 is 1.52. The van der Waals surface area contributed by atoms with Gasteiger partial charge in [-0.2, -0.15) is 5.26 Å². The van der Waals surface area contributed by atoms with Crippen LogP contribution in [0.25, 0.3) is 11.3 Å². The van der Waals surface area contributed by atoms with Crippen molar-refractivity contribution in [1.82, 2.24) is 9.97 Å². The Bertz CT molecular complexity index is 422. The number of aromatic amines is 1. The van der Waals surface area contributed by atoms with E-state index in [1.807, 2.05) is 23.8 Å². The second kappa shape index (κ2) is 3.42. The Morgan fingerprint density at radius 3 is 3.23 bits per heavy atom. The molecule has 0 radical (unpaired) electrons. The normalized spacial score (nSPS) is 9.77. The highest BCUT2D eigenvalue weighted by molar-refractivity contribution is 7.10. The molecule has 0 aromatic carbocycles. The quantitative estimate of drug-likeness (QED) is 0.787. The van der Waals surface area contributed by atoms with Crippen molar-refractivity contribution in [3.63, 3.8) is 0 Å². The molecule has 0 amide bonds. The lowest BCUT2D eigenvalue weighted by Crippen LogP contribution is -1.79. The third-order valence-corrected chi connectivity index (χ3v) is 2.52. The lowest BCUT2D eigenvalue weighted by atomic mass is 10.3. The second-order valence-corrected chi connectivity index (χ2v) is 3.50. The molecular formula is C9H7N3S. The first-order chi connectivity index (χ1) is 6.40. The van der Waals surface area contributed by atoms with Crippen LogP contribution in [0.5, 0.6) is 0 Å². The van der Waals surface area contributed by atoms with E-state index in [4.69, 9.17) is 5.26 Å². The van der Waals surface area contributed by atoms with Crippen molar-refractivity contribution in [2.75, 3.05) is 0 Å². The minimum absolute atomic E-state index is 0.398. The Morgan fingerprint density at radius 2 is 2.54 bits per heavy atom. The topological polar surface area (TPSA) is 52.5 Å². The summed E-state index contributed by atoms with van der Waals surface area (Å²) in [6.07, 6.45) is 4.15. The van der Waals surface area contributed by atoms with Gasteiger partial charge in [-0.15, -0.1) is 11.3 Å². The third kappa shape index (κ3) is 1.60. The van der Waals surface area contributed by atoms with Gasteiger partial charge in [-0.25, -0.2) is 4.98 Å². The van der Waals surface area contributed by atoms with Crippen molar-refractivity contribution in [1.29, 1.82) is 5.26 Å². The van der Waals surface area contributed by atoms with Crippen LogP contribution in [0.3, 0.4) is 0 Å². The molecule has 3 nitrogen and oxygen atoms in total. The zero-order chi connectivity index (χ0) is 9.10. The molecule has 2 aromatic heterocycles. The van der Waals surface area contributed by atoms with E-state index in [0.29, 0.717) is 6.42 Å². The van der Waals surface area contributed by atoms with Gasteiger partial charge in [0.05, 0.1) is 18.2 Å². The molecule has 0 aliphatic heterocycles. The standard InChI is InChI=1S/C9H7N3S/c10-3-1-9-12-8(6-13-9)7-2-4-11-5-7/h2,4-6,11H,1H2. The monoisotopic (exact) mass is 189 g/mol. The van der Waals surface area contributed by atoms with Gasteiger partial charge in [0.25, 0.3) is 0 Å². The van der Waals surface area contributed by atoms with Crippen LogP contribution in [0.15, 0.2) is 23.8 Å². The van der Waals surface area contributed by atoms with Crippen LogP contribution in [0.2, 0.25) is 0 Å². The first-order valence-electron chi connectivity index (χ1n) is 3.84. The Kier molecular flexibility index (Phi) is 2.11. The number of nitriles is 1. The van der Waals surface area contributed by atoms with Crippen molar-refractivity contribution in [2.45, 2.75) is 6.42 Å². The van der Waals surface area contributed by atoms with E-state index < -0.39 is 0 Å². The summed E-state index contributed by atoms with van der Waals surface area (Å²) in [4.78, 5) is 7.29. The van der Waals surface area contributed by atoms with Gasteiger partial charge in [0.2, 0.25) is 0 Å². The number of rotatable bonds is 2. The third-order valence-electron chi connectivity index (χ3n) is 1.68. The fraction of sp³-hybridized carbons (Fsp3) is 0.111. The SMILES string of the molecule is N#CCc1nc(-c2cc[nH]c2)cs1. The molecule has 2 aromatic rings. The zero-order valence-electron chi connectivity index (χ0n) is 6.82. The summed E-state index contributed by atoms with van der Waals surface area (Å²) < 4.78 is 0. The van der Waals surface area contributed by atoms with Crippen molar-refractivity contribution in [2.24, 2.45) is 0 Å². The average molecular weight is 189 g/mol. The molecule has 0 fully saturated rings. The molecule has 4 heteroatoms. The number of nitrogens with zero attached hydrogens (tertiary/aromatic N) is 2. The van der Waals surface area contributed by atoms with Gasteiger partial charge in [0.15, 0.2) is 0 Å². The predicted molar refractivity (Wildman–Crippen MR) is 51.2 cm³/mol. The van der Waals surface area contributed by atoms with Gasteiger partial charge in [-0.05, 0) is 6.07 Å². The number of thiazole rings is 1. The fourth-order valence-electron chi connectivity index (χ4n) is 1.08. The first kappa shape index (κ1) is 8.02. The summed E-state index contributed by atoms with van der Waals surface area (Å²) in [6, 6.07) is 4.05. The van der Waals surface area contributed by atoms with Crippen molar-refractivity contribution in [3.05, 3.63) is 28.8 Å². The van der Waals surface area contributed by atoms with Gasteiger partial charge in [0.1, 0.15) is 5.01 Å². The Labute approximate surface area is 79.7 Å². The summed E-state index contributed by atoms with van der Waals surface area (Å²) in [5.41, 5.74) is 2.01. The molecule has 0 atom stereocenters. The largest absolute Gasteiger partial charge is 0.367 e. The van der Waals surface area contributed by atoms with Gasteiger partial charge >= 0.3 is 0 Å². The lowest BCUT2D eigenvalue weighted by molar-refractivity contribution is 1.19. The van der Waals surface area contributed by atoms with Crippen LogP contribution >= 0.6 is 11.3 Å². The molecule has 64 valence electrons. The van der Waals surface area contributed by atoms with Crippen LogP contribution in [-0.4, -0.2) is 9.97 Å². The Morgan fingerprint density at radius 1 is 1.62 bits per heavy atom. The van der Waals surface area contributed by atoms with Crippen LogP contribution in [0.1, 0.15) is 5.01 Å². The fourth-order valence-corrected chi connectivity index (χ4v) is 1.81. The number of H-pyrrole nitrogens is 1. The summed E-state index contributed by atoms with van der Waals surface area (Å²) in [5.74, 6) is 0. The van der Waals surface area contributed by atoms with E-state index in [9.17, 15) is 0 Å². The van der Waals surface area contributed by atoms with E-state index >= 15 is 0 Å². The Balaban J connectivity index is 2.29. The molecule has 1 N–H and O–H groups in total. The van der Waals surface area contributed by atoms with Crippen LogP contribution < -0.4 is 0 Å². The molecule has 2 rings (SSSR count). The minimum Gasteiger partial charge on any atom is -0.367 e. The van der Waals surface area contributed by atoms with E-state index in [1.165, 1.54) is 11.3 Å². The van der Waals surface area contributed by atoms with Crippen molar-refractivity contribution < 1.29 is 0 Å². The highest BCUT2D eigenvalue weighted by Crippen LogP contribution is 2.21. The number of hydrogen-bond donors (Lipinski definition) is 1. The van der Waals surface area contributed by atoms with Crippen molar-refractivity contribution >= 4 is 11.3 Å². The highest BCUT2D eigenvalue weighted by Gasteiger charge is 2.03. The highest BCUT2D eigenvalue weighted by atomic mass is 32.1. The summed E-state index contributed by atoms with van der Waals surface area (Å²) in [5, 5.41) is 11.3. The second-order valence-electron chi connectivity index (χ2n) is 2.56. The van der Waals surface area contributed by atoms with Gasteiger partial charge in [0, 0.05) is 23.3 Å². The lowest BCUT2D eigenvalue weighted by Gasteiger charge is -1.86. The number of hydrogen-bond acceptors (Lipinski definition) is 3. The van der Waals surface area contributed by atoms with Crippen LogP contribution in [0, 0.1) is 11.3 Å². The Hall–Kier alpha value is -1.60. The van der Waals surface area contributed by atoms with Crippen LogP contribution in [0.4, 0.5) is 0 Å². The number of nitrogens with one attached hydrogen (secondary N) is 1. The molecule has 13 heavy (non-hydrogen) atoms. The van der Waals surface area contributed by atoms with E-state index in [2.05, 4.69) is 16.0 Å². The van der Waals surface area contributed by atoms with Gasteiger partial charge in [-0.3, -0.25) is 0 Å². The molecule has 0 saturated carbocycles. The smallest absolute Gasteiger partial charge is 0.107 e. The summed E-state index contributed by atoms with van der Waals surface area (Å²) in [7, 11) is 0. The molecule has 0 spiro atoms. The average Bonchev–Trinajstić information content (AvgIpc) is 2.70. The molecule has 0 aliphatic carbocycles. The molecule has 2 heterocycles. The van der Waals surface area contributed by atoms with E-state index in [0.717, 1.165) is 16.3 Å². The zero-order valence-corrected chi connectivity index (χ0v) is 7.64. The maximum atomic E-state index is 8.47. The van der Waals surface area contributed by atoms with Gasteiger partial charge < -0.3 is 4.98 Å². The molecule has 0 saturated heterocycles. The number of aromatic nitrogens is 2. The molecule has 0 bridgehead atoms. The molecule has 0 aliphatic rings. The van der Waals surface area contributed by atoms with Crippen LogP contribution in [-0.2, 0) is 6.42 Å². The predicted octanol–water partition coefficient (Wildman–Crippen LogP) is 2.20. The first-order valence-corrected chi connectivity index (χ1v) is 4.72.